The third-order valence-corrected chi connectivity index (χ3v) is 2.67. The van der Waals surface area contributed by atoms with Crippen LogP contribution in [0.4, 0.5) is 0 Å². The van der Waals surface area contributed by atoms with Gasteiger partial charge in [0, 0.05) is 5.39 Å². The number of hydrogen-bond acceptors (Lipinski definition) is 2. The normalized spacial score (nSPS) is 10.8. The van der Waals surface area contributed by atoms with Crippen molar-refractivity contribution in [2.45, 2.75) is 11.8 Å². The minimum Gasteiger partial charge on any atom is -0.463 e. The lowest BCUT2D eigenvalue weighted by molar-refractivity contribution is 0.608. The maximum absolute atomic E-state index is 5.37. The second kappa shape index (κ2) is 2.87. The molecule has 0 aliphatic carbocycles. The van der Waals surface area contributed by atoms with Crippen LogP contribution in [0.1, 0.15) is 5.56 Å². The van der Waals surface area contributed by atoms with Gasteiger partial charge in [-0.15, -0.1) is 11.8 Å². The van der Waals surface area contributed by atoms with Crippen molar-refractivity contribution in [3.63, 3.8) is 0 Å². The SMILES string of the molecule is CSc1coc2ccc(C)cc12. The molecule has 0 aliphatic heterocycles. The van der Waals surface area contributed by atoms with Gasteiger partial charge in [-0.25, -0.2) is 0 Å². The molecule has 0 radical (unpaired) electrons. The minimum atomic E-state index is 0.977. The smallest absolute Gasteiger partial charge is 0.135 e. The van der Waals surface area contributed by atoms with Gasteiger partial charge in [0.25, 0.3) is 0 Å². The van der Waals surface area contributed by atoms with Crippen LogP contribution in [0.15, 0.2) is 33.8 Å². The lowest BCUT2D eigenvalue weighted by Crippen LogP contribution is -1.70. The molecule has 62 valence electrons. The maximum Gasteiger partial charge on any atom is 0.135 e. The molecule has 1 aromatic carbocycles. The van der Waals surface area contributed by atoms with Gasteiger partial charge in [0.05, 0.1) is 4.90 Å². The molecule has 0 amide bonds. The molecule has 1 heterocycles. The number of hydrogen-bond donors (Lipinski definition) is 0. The molecule has 0 bridgehead atoms. The third-order valence-electron chi connectivity index (χ3n) is 1.91. The molecule has 12 heavy (non-hydrogen) atoms. The van der Waals surface area contributed by atoms with Crippen molar-refractivity contribution in [3.8, 4) is 0 Å². The van der Waals surface area contributed by atoms with Crippen molar-refractivity contribution in [2.75, 3.05) is 6.26 Å². The Morgan fingerprint density at radius 2 is 2.17 bits per heavy atom. The molecule has 2 rings (SSSR count). The van der Waals surface area contributed by atoms with E-state index in [1.54, 1.807) is 11.8 Å². The molecular formula is C10H10OS. The van der Waals surface area contributed by atoms with E-state index >= 15 is 0 Å². The van der Waals surface area contributed by atoms with Gasteiger partial charge in [-0.05, 0) is 25.3 Å². The van der Waals surface area contributed by atoms with Gasteiger partial charge in [0.2, 0.25) is 0 Å². The van der Waals surface area contributed by atoms with Crippen molar-refractivity contribution in [1.82, 2.24) is 0 Å². The Labute approximate surface area is 75.8 Å². The van der Waals surface area contributed by atoms with Gasteiger partial charge in [-0.1, -0.05) is 11.6 Å². The lowest BCUT2D eigenvalue weighted by atomic mass is 10.2. The molecule has 1 aromatic heterocycles. The van der Waals surface area contributed by atoms with Crippen LogP contribution in [0.25, 0.3) is 11.0 Å². The molecule has 0 saturated heterocycles. The summed E-state index contributed by atoms with van der Waals surface area (Å²) in [5.41, 5.74) is 2.25. The predicted molar refractivity (Wildman–Crippen MR) is 52.7 cm³/mol. The molecular weight excluding hydrogens is 168 g/mol. The van der Waals surface area contributed by atoms with E-state index in [1.807, 2.05) is 12.3 Å². The monoisotopic (exact) mass is 178 g/mol. The van der Waals surface area contributed by atoms with Crippen molar-refractivity contribution >= 4 is 22.7 Å². The molecule has 0 N–H and O–H groups in total. The summed E-state index contributed by atoms with van der Waals surface area (Å²) in [6, 6.07) is 6.24. The first kappa shape index (κ1) is 7.74. The fraction of sp³-hybridized carbons (Fsp3) is 0.200. The summed E-state index contributed by atoms with van der Waals surface area (Å²) in [5.74, 6) is 0. The van der Waals surface area contributed by atoms with Crippen molar-refractivity contribution < 1.29 is 4.42 Å². The Kier molecular flexibility index (Phi) is 1.85. The topological polar surface area (TPSA) is 13.1 Å². The molecule has 0 aliphatic rings. The Balaban J connectivity index is 2.75. The van der Waals surface area contributed by atoms with E-state index in [-0.39, 0.29) is 0 Å². The summed E-state index contributed by atoms with van der Waals surface area (Å²) in [7, 11) is 0. The van der Waals surface area contributed by atoms with Gasteiger partial charge in [-0.3, -0.25) is 0 Å². The predicted octanol–water partition coefficient (Wildman–Crippen LogP) is 3.46. The quantitative estimate of drug-likeness (QED) is 0.620. The van der Waals surface area contributed by atoms with E-state index in [0.29, 0.717) is 0 Å². The van der Waals surface area contributed by atoms with Crippen LogP contribution in [0, 0.1) is 6.92 Å². The van der Waals surface area contributed by atoms with Gasteiger partial charge in [0.1, 0.15) is 11.8 Å². The molecule has 2 heteroatoms. The molecule has 2 aromatic rings. The second-order valence-electron chi connectivity index (χ2n) is 2.80. The number of aryl methyl sites for hydroxylation is 1. The fourth-order valence-electron chi connectivity index (χ4n) is 1.28. The van der Waals surface area contributed by atoms with E-state index in [9.17, 15) is 0 Å². The summed E-state index contributed by atoms with van der Waals surface area (Å²) in [6.07, 6.45) is 3.88. The molecule has 0 spiro atoms. The van der Waals surface area contributed by atoms with Crippen molar-refractivity contribution in [2.24, 2.45) is 0 Å². The Morgan fingerprint density at radius 1 is 1.33 bits per heavy atom. The van der Waals surface area contributed by atoms with Gasteiger partial charge in [0.15, 0.2) is 0 Å². The number of fused-ring (bicyclic) bond motifs is 1. The lowest BCUT2D eigenvalue weighted by Gasteiger charge is -1.93. The minimum absolute atomic E-state index is 0.977. The zero-order chi connectivity index (χ0) is 8.55. The van der Waals surface area contributed by atoms with Crippen molar-refractivity contribution in [3.05, 3.63) is 30.0 Å². The fourth-order valence-corrected chi connectivity index (χ4v) is 1.80. The van der Waals surface area contributed by atoms with Gasteiger partial charge in [-0.2, -0.15) is 0 Å². The number of rotatable bonds is 1. The van der Waals surface area contributed by atoms with E-state index in [0.717, 1.165) is 5.58 Å². The summed E-state index contributed by atoms with van der Waals surface area (Å²) < 4.78 is 5.37. The Morgan fingerprint density at radius 3 is 2.92 bits per heavy atom. The number of thioether (sulfide) groups is 1. The number of furan rings is 1. The highest BCUT2D eigenvalue weighted by Gasteiger charge is 2.03. The highest BCUT2D eigenvalue weighted by Crippen LogP contribution is 2.28. The highest BCUT2D eigenvalue weighted by molar-refractivity contribution is 7.98. The van der Waals surface area contributed by atoms with Crippen LogP contribution in [0.5, 0.6) is 0 Å². The Bertz CT molecular complexity index is 403. The van der Waals surface area contributed by atoms with Crippen molar-refractivity contribution in [1.29, 1.82) is 0 Å². The zero-order valence-corrected chi connectivity index (χ0v) is 7.94. The average molecular weight is 178 g/mol. The van der Waals surface area contributed by atoms with Crippen LogP contribution >= 0.6 is 11.8 Å². The first-order valence-corrected chi connectivity index (χ1v) is 5.05. The molecule has 0 unspecified atom stereocenters. The first-order chi connectivity index (χ1) is 5.81. The van der Waals surface area contributed by atoms with E-state index < -0.39 is 0 Å². The summed E-state index contributed by atoms with van der Waals surface area (Å²) in [4.78, 5) is 1.22. The average Bonchev–Trinajstić information content (AvgIpc) is 2.46. The van der Waals surface area contributed by atoms with E-state index in [2.05, 4.69) is 25.3 Å². The highest BCUT2D eigenvalue weighted by atomic mass is 32.2. The molecule has 0 saturated carbocycles. The van der Waals surface area contributed by atoms with Crippen LogP contribution in [-0.4, -0.2) is 6.26 Å². The van der Waals surface area contributed by atoms with E-state index in [4.69, 9.17) is 4.42 Å². The molecule has 0 fully saturated rings. The van der Waals surface area contributed by atoms with Crippen LogP contribution in [0.3, 0.4) is 0 Å². The van der Waals surface area contributed by atoms with E-state index in [1.165, 1.54) is 15.8 Å². The summed E-state index contributed by atoms with van der Waals surface area (Å²) >= 11 is 1.72. The maximum atomic E-state index is 5.37. The van der Waals surface area contributed by atoms with Crippen LogP contribution < -0.4 is 0 Å². The standard InChI is InChI=1S/C10H10OS/c1-7-3-4-9-8(5-7)10(12-2)6-11-9/h3-6H,1-2H3. The first-order valence-electron chi connectivity index (χ1n) is 3.83. The van der Waals surface area contributed by atoms with Crippen LogP contribution in [-0.2, 0) is 0 Å². The van der Waals surface area contributed by atoms with Gasteiger partial charge < -0.3 is 4.42 Å². The third kappa shape index (κ3) is 1.12. The molecule has 0 atom stereocenters. The summed E-state index contributed by atoms with van der Waals surface area (Å²) in [5, 5.41) is 1.22. The second-order valence-corrected chi connectivity index (χ2v) is 3.65. The Hall–Kier alpha value is -0.890. The summed E-state index contributed by atoms with van der Waals surface area (Å²) in [6.45, 7) is 2.09. The molecule has 1 nitrogen and oxygen atoms in total. The van der Waals surface area contributed by atoms with Gasteiger partial charge >= 0.3 is 0 Å². The number of benzene rings is 1. The van der Waals surface area contributed by atoms with Crippen LogP contribution in [0.2, 0.25) is 0 Å². The largest absolute Gasteiger partial charge is 0.463 e. The zero-order valence-electron chi connectivity index (χ0n) is 7.13.